The largest absolute Gasteiger partial charge is 0.506 e. The van der Waals surface area contributed by atoms with Gasteiger partial charge in [-0.2, -0.15) is 0 Å². The van der Waals surface area contributed by atoms with Crippen molar-refractivity contribution in [2.45, 2.75) is 25.2 Å². The Morgan fingerprint density at radius 2 is 2.14 bits per heavy atom. The first kappa shape index (κ1) is 9.99. The van der Waals surface area contributed by atoms with Crippen LogP contribution in [0.15, 0.2) is 16.6 Å². The van der Waals surface area contributed by atoms with Gasteiger partial charge >= 0.3 is 0 Å². The number of halogens is 1. The minimum Gasteiger partial charge on any atom is -0.506 e. The highest BCUT2D eigenvalue weighted by Crippen LogP contribution is 2.49. The summed E-state index contributed by atoms with van der Waals surface area (Å²) in [4.78, 5) is 0. The van der Waals surface area contributed by atoms with Crippen LogP contribution in [-0.4, -0.2) is 11.7 Å². The van der Waals surface area contributed by atoms with Crippen molar-refractivity contribution < 1.29 is 5.11 Å². The van der Waals surface area contributed by atoms with Gasteiger partial charge in [0.15, 0.2) is 0 Å². The standard InChI is InChI=1S/C11H14BrNO/c1-7-4-8(5-9(12)10(7)14)11(6-13)2-3-11/h4-5,14H,2-3,6,13H2,1H3. The van der Waals surface area contributed by atoms with Crippen LogP contribution in [0.4, 0.5) is 0 Å². The molecular formula is C11H14BrNO. The Hall–Kier alpha value is -0.540. The summed E-state index contributed by atoms with van der Waals surface area (Å²) in [5.41, 5.74) is 8.12. The number of hydrogen-bond donors (Lipinski definition) is 2. The molecule has 2 nitrogen and oxygen atoms in total. The Labute approximate surface area is 92.3 Å². The molecule has 3 N–H and O–H groups in total. The smallest absolute Gasteiger partial charge is 0.132 e. The van der Waals surface area contributed by atoms with Gasteiger partial charge in [-0.1, -0.05) is 6.07 Å². The third-order valence-electron chi connectivity index (χ3n) is 3.11. The van der Waals surface area contributed by atoms with Crippen LogP contribution in [-0.2, 0) is 5.41 Å². The van der Waals surface area contributed by atoms with E-state index < -0.39 is 0 Å². The van der Waals surface area contributed by atoms with E-state index in [0.717, 1.165) is 10.0 Å². The molecule has 0 spiro atoms. The number of phenolic OH excluding ortho intramolecular Hbond substituents is 1. The molecule has 1 aliphatic rings. The first-order valence-corrected chi connectivity index (χ1v) is 5.58. The molecule has 1 aromatic carbocycles. The molecule has 2 rings (SSSR count). The highest BCUT2D eigenvalue weighted by atomic mass is 79.9. The summed E-state index contributed by atoms with van der Waals surface area (Å²) in [6.45, 7) is 2.61. The van der Waals surface area contributed by atoms with E-state index in [1.807, 2.05) is 19.1 Å². The molecule has 3 heteroatoms. The van der Waals surface area contributed by atoms with Crippen LogP contribution in [0, 0.1) is 6.92 Å². The van der Waals surface area contributed by atoms with Crippen molar-refractivity contribution in [3.63, 3.8) is 0 Å². The maximum atomic E-state index is 9.61. The molecule has 0 aromatic heterocycles. The van der Waals surface area contributed by atoms with Crippen molar-refractivity contribution in [1.82, 2.24) is 0 Å². The highest BCUT2D eigenvalue weighted by molar-refractivity contribution is 9.10. The first-order valence-electron chi connectivity index (χ1n) is 4.79. The summed E-state index contributed by atoms with van der Waals surface area (Å²) in [7, 11) is 0. The number of benzene rings is 1. The van der Waals surface area contributed by atoms with Gasteiger partial charge in [0.2, 0.25) is 0 Å². The van der Waals surface area contributed by atoms with Gasteiger partial charge in [-0.15, -0.1) is 0 Å². The van der Waals surface area contributed by atoms with Gasteiger partial charge in [-0.3, -0.25) is 0 Å². The van der Waals surface area contributed by atoms with E-state index in [-0.39, 0.29) is 5.41 Å². The fraction of sp³-hybridized carbons (Fsp3) is 0.455. The van der Waals surface area contributed by atoms with Gasteiger partial charge in [0, 0.05) is 12.0 Å². The first-order chi connectivity index (χ1) is 6.59. The Balaban J connectivity index is 2.46. The zero-order chi connectivity index (χ0) is 10.3. The van der Waals surface area contributed by atoms with Gasteiger partial charge in [-0.05, 0) is 52.9 Å². The predicted octanol–water partition coefficient (Wildman–Crippen LogP) is 2.45. The van der Waals surface area contributed by atoms with Crippen LogP contribution in [0.25, 0.3) is 0 Å². The molecule has 0 saturated heterocycles. The fourth-order valence-electron chi connectivity index (χ4n) is 1.80. The Kier molecular flexibility index (Phi) is 2.32. The predicted molar refractivity (Wildman–Crippen MR) is 60.5 cm³/mol. The minimum absolute atomic E-state index is 0.195. The molecule has 76 valence electrons. The second-order valence-electron chi connectivity index (χ2n) is 4.11. The summed E-state index contributed by atoms with van der Waals surface area (Å²) in [6.07, 6.45) is 2.33. The monoisotopic (exact) mass is 255 g/mol. The average Bonchev–Trinajstić information content (AvgIpc) is 2.94. The maximum absolute atomic E-state index is 9.61. The molecule has 0 radical (unpaired) electrons. The lowest BCUT2D eigenvalue weighted by atomic mass is 9.94. The van der Waals surface area contributed by atoms with E-state index in [2.05, 4.69) is 15.9 Å². The van der Waals surface area contributed by atoms with Gasteiger partial charge in [-0.25, -0.2) is 0 Å². The zero-order valence-electron chi connectivity index (χ0n) is 8.18. The summed E-state index contributed by atoms with van der Waals surface area (Å²) in [5, 5.41) is 9.61. The third kappa shape index (κ3) is 1.44. The van der Waals surface area contributed by atoms with Crippen LogP contribution >= 0.6 is 15.9 Å². The normalized spacial score (nSPS) is 18.2. The lowest BCUT2D eigenvalue weighted by molar-refractivity contribution is 0.467. The van der Waals surface area contributed by atoms with Gasteiger partial charge in [0.1, 0.15) is 5.75 Å². The van der Waals surface area contributed by atoms with E-state index >= 15 is 0 Å². The summed E-state index contributed by atoms with van der Waals surface area (Å²) in [6, 6.07) is 4.03. The molecule has 0 atom stereocenters. The lowest BCUT2D eigenvalue weighted by Gasteiger charge is -2.15. The van der Waals surface area contributed by atoms with Crippen molar-refractivity contribution in [1.29, 1.82) is 0 Å². The molecule has 1 aromatic rings. The van der Waals surface area contributed by atoms with E-state index in [1.54, 1.807) is 0 Å². The van der Waals surface area contributed by atoms with E-state index in [1.165, 1.54) is 18.4 Å². The summed E-state index contributed by atoms with van der Waals surface area (Å²) >= 11 is 3.36. The van der Waals surface area contributed by atoms with Gasteiger partial charge in [0.05, 0.1) is 4.47 Å². The maximum Gasteiger partial charge on any atom is 0.132 e. The van der Waals surface area contributed by atoms with E-state index in [4.69, 9.17) is 5.73 Å². The van der Waals surface area contributed by atoms with E-state index in [0.29, 0.717) is 12.3 Å². The Morgan fingerprint density at radius 1 is 1.50 bits per heavy atom. The molecule has 0 bridgehead atoms. The van der Waals surface area contributed by atoms with Crippen LogP contribution in [0.5, 0.6) is 5.75 Å². The Bertz CT molecular complexity index is 349. The number of aryl methyl sites for hydroxylation is 1. The number of nitrogens with two attached hydrogens (primary N) is 1. The van der Waals surface area contributed by atoms with Crippen LogP contribution in [0.2, 0.25) is 0 Å². The number of rotatable bonds is 2. The zero-order valence-corrected chi connectivity index (χ0v) is 9.76. The van der Waals surface area contributed by atoms with Crippen molar-refractivity contribution in [2.75, 3.05) is 6.54 Å². The molecule has 1 aliphatic carbocycles. The molecule has 1 saturated carbocycles. The fourth-order valence-corrected chi connectivity index (χ4v) is 2.36. The minimum atomic E-state index is 0.195. The third-order valence-corrected chi connectivity index (χ3v) is 3.72. The number of phenols is 1. The molecule has 0 unspecified atom stereocenters. The van der Waals surface area contributed by atoms with Crippen LogP contribution < -0.4 is 5.73 Å². The molecule has 1 fully saturated rings. The van der Waals surface area contributed by atoms with Crippen molar-refractivity contribution in [3.05, 3.63) is 27.7 Å². The van der Waals surface area contributed by atoms with Crippen molar-refractivity contribution in [3.8, 4) is 5.75 Å². The topological polar surface area (TPSA) is 46.2 Å². The van der Waals surface area contributed by atoms with Gasteiger partial charge < -0.3 is 10.8 Å². The molecular weight excluding hydrogens is 242 g/mol. The Morgan fingerprint density at radius 3 is 2.57 bits per heavy atom. The highest BCUT2D eigenvalue weighted by Gasteiger charge is 2.43. The van der Waals surface area contributed by atoms with Crippen LogP contribution in [0.1, 0.15) is 24.0 Å². The summed E-state index contributed by atoms with van der Waals surface area (Å²) < 4.78 is 0.771. The van der Waals surface area contributed by atoms with E-state index in [9.17, 15) is 5.11 Å². The SMILES string of the molecule is Cc1cc(C2(CN)CC2)cc(Br)c1O. The van der Waals surface area contributed by atoms with Crippen molar-refractivity contribution >= 4 is 15.9 Å². The number of aromatic hydroxyl groups is 1. The lowest BCUT2D eigenvalue weighted by Crippen LogP contribution is -2.19. The second kappa shape index (κ2) is 3.24. The quantitative estimate of drug-likeness (QED) is 0.853. The van der Waals surface area contributed by atoms with Crippen LogP contribution in [0.3, 0.4) is 0 Å². The average molecular weight is 256 g/mol. The van der Waals surface area contributed by atoms with Gasteiger partial charge in [0.25, 0.3) is 0 Å². The number of hydrogen-bond acceptors (Lipinski definition) is 2. The molecule has 14 heavy (non-hydrogen) atoms. The molecule has 0 aliphatic heterocycles. The molecule has 0 amide bonds. The molecule has 0 heterocycles. The second-order valence-corrected chi connectivity index (χ2v) is 4.96. The summed E-state index contributed by atoms with van der Waals surface area (Å²) in [5.74, 6) is 0.335. The van der Waals surface area contributed by atoms with Crippen molar-refractivity contribution in [2.24, 2.45) is 5.73 Å².